The highest BCUT2D eigenvalue weighted by Gasteiger charge is 2.06. The summed E-state index contributed by atoms with van der Waals surface area (Å²) in [7, 11) is 1.72. The number of quaternary nitrogens is 1. The van der Waals surface area contributed by atoms with E-state index in [1.54, 1.807) is 11.9 Å². The van der Waals surface area contributed by atoms with Gasteiger partial charge < -0.3 is 10.1 Å². The largest absolute Gasteiger partial charge is 0.496 e. The molecular formula is C19H23N4O+. The molecule has 0 amide bonds. The molecule has 0 unspecified atom stereocenters. The van der Waals surface area contributed by atoms with Crippen LogP contribution in [0.4, 0.5) is 0 Å². The lowest BCUT2D eigenvalue weighted by molar-refractivity contribution is -0.670. The Morgan fingerprint density at radius 2 is 1.96 bits per heavy atom. The van der Waals surface area contributed by atoms with Crippen molar-refractivity contribution in [3.63, 3.8) is 0 Å². The lowest BCUT2D eigenvalue weighted by atomic mass is 10.1. The fraction of sp³-hybridized carbons (Fsp3) is 0.263. The van der Waals surface area contributed by atoms with Crippen molar-refractivity contribution in [2.45, 2.75) is 19.9 Å². The molecular weight excluding hydrogens is 300 g/mol. The highest BCUT2D eigenvalue weighted by atomic mass is 16.5. The van der Waals surface area contributed by atoms with Crippen LogP contribution in [-0.2, 0) is 13.0 Å². The van der Waals surface area contributed by atoms with Crippen molar-refractivity contribution in [3.05, 3.63) is 71.5 Å². The highest BCUT2D eigenvalue weighted by Crippen LogP contribution is 2.19. The predicted octanol–water partition coefficient (Wildman–Crippen LogP) is 1.89. The maximum atomic E-state index is 5.43. The molecule has 24 heavy (non-hydrogen) atoms. The molecule has 2 aromatic carbocycles. The Morgan fingerprint density at radius 1 is 1.12 bits per heavy atom. The van der Waals surface area contributed by atoms with E-state index in [1.165, 1.54) is 11.1 Å². The van der Waals surface area contributed by atoms with E-state index in [1.807, 2.05) is 42.6 Å². The number of para-hydroxylation sites is 1. The molecule has 5 nitrogen and oxygen atoms in total. The number of benzene rings is 2. The first-order chi connectivity index (χ1) is 11.8. The molecule has 0 saturated carbocycles. The van der Waals surface area contributed by atoms with Gasteiger partial charge in [0, 0.05) is 6.42 Å². The summed E-state index contributed by atoms with van der Waals surface area (Å²) in [5.41, 5.74) is 4.47. The van der Waals surface area contributed by atoms with Crippen molar-refractivity contribution < 1.29 is 10.1 Å². The molecule has 0 spiro atoms. The lowest BCUT2D eigenvalue weighted by Crippen LogP contribution is -2.83. The standard InChI is InChI=1S/C19H22N4O/c1-15-8-9-19(24-2)16(12-15)10-11-20-13-17-14-21-23(22-17)18-6-4-3-5-7-18/h3-9,12,14,20H,10-11,13H2,1-2H3/p+1. The van der Waals surface area contributed by atoms with Crippen molar-refractivity contribution in [1.82, 2.24) is 15.0 Å². The first-order valence-electron chi connectivity index (χ1n) is 8.18. The van der Waals surface area contributed by atoms with E-state index in [9.17, 15) is 0 Å². The lowest BCUT2D eigenvalue weighted by Gasteiger charge is -2.08. The summed E-state index contributed by atoms with van der Waals surface area (Å²) in [6, 6.07) is 16.3. The summed E-state index contributed by atoms with van der Waals surface area (Å²) in [5, 5.41) is 11.1. The molecule has 0 aliphatic carbocycles. The van der Waals surface area contributed by atoms with Crippen LogP contribution in [0.25, 0.3) is 5.69 Å². The molecule has 0 aliphatic rings. The van der Waals surface area contributed by atoms with E-state index in [-0.39, 0.29) is 0 Å². The van der Waals surface area contributed by atoms with Gasteiger partial charge in [0.05, 0.1) is 25.5 Å². The summed E-state index contributed by atoms with van der Waals surface area (Å²) in [6.45, 7) is 3.91. The highest BCUT2D eigenvalue weighted by molar-refractivity contribution is 5.36. The molecule has 3 aromatic rings. The van der Waals surface area contributed by atoms with Crippen molar-refractivity contribution >= 4 is 0 Å². The third-order valence-electron chi connectivity index (χ3n) is 3.93. The molecule has 0 radical (unpaired) electrons. The zero-order valence-electron chi connectivity index (χ0n) is 14.1. The Kier molecular flexibility index (Phi) is 5.23. The molecule has 2 N–H and O–H groups in total. The van der Waals surface area contributed by atoms with E-state index < -0.39 is 0 Å². The van der Waals surface area contributed by atoms with Crippen molar-refractivity contribution in [2.24, 2.45) is 0 Å². The van der Waals surface area contributed by atoms with E-state index in [4.69, 9.17) is 4.74 Å². The number of nitrogens with zero attached hydrogens (tertiary/aromatic N) is 3. The van der Waals surface area contributed by atoms with Gasteiger partial charge in [-0.15, -0.1) is 5.10 Å². The predicted molar refractivity (Wildman–Crippen MR) is 93.3 cm³/mol. The fourth-order valence-electron chi connectivity index (χ4n) is 2.68. The van der Waals surface area contributed by atoms with Gasteiger partial charge in [-0.3, -0.25) is 0 Å². The minimum Gasteiger partial charge on any atom is -0.496 e. The maximum absolute atomic E-state index is 5.43. The van der Waals surface area contributed by atoms with Crippen LogP contribution in [0.2, 0.25) is 0 Å². The third kappa shape index (κ3) is 4.00. The molecule has 0 saturated heterocycles. The number of nitrogens with two attached hydrogens (primary N) is 1. The van der Waals surface area contributed by atoms with Crippen LogP contribution in [0.15, 0.2) is 54.7 Å². The van der Waals surface area contributed by atoms with Gasteiger partial charge >= 0.3 is 0 Å². The van der Waals surface area contributed by atoms with E-state index in [2.05, 4.69) is 34.6 Å². The molecule has 0 atom stereocenters. The molecule has 0 aliphatic heterocycles. The minimum atomic E-state index is 0.820. The smallest absolute Gasteiger partial charge is 0.137 e. The number of rotatable bonds is 7. The molecule has 5 heteroatoms. The molecule has 0 bridgehead atoms. The normalized spacial score (nSPS) is 10.8. The summed E-state index contributed by atoms with van der Waals surface area (Å²) in [5.74, 6) is 0.962. The van der Waals surface area contributed by atoms with Crippen LogP contribution < -0.4 is 10.1 Å². The Bertz CT molecular complexity index is 783. The second-order valence-electron chi connectivity index (χ2n) is 5.81. The van der Waals surface area contributed by atoms with Gasteiger partial charge in [-0.2, -0.15) is 9.90 Å². The van der Waals surface area contributed by atoms with Crippen molar-refractivity contribution in [2.75, 3.05) is 13.7 Å². The summed E-state index contributed by atoms with van der Waals surface area (Å²) >= 11 is 0. The second kappa shape index (κ2) is 7.75. The number of methoxy groups -OCH3 is 1. The first kappa shape index (κ1) is 16.2. The Labute approximate surface area is 142 Å². The minimum absolute atomic E-state index is 0.820. The number of hydrogen-bond acceptors (Lipinski definition) is 3. The topological polar surface area (TPSA) is 56.6 Å². The number of aromatic nitrogens is 3. The fourth-order valence-corrected chi connectivity index (χ4v) is 2.68. The van der Waals surface area contributed by atoms with Crippen LogP contribution in [0, 0.1) is 6.92 Å². The van der Waals surface area contributed by atoms with Crippen molar-refractivity contribution in [3.8, 4) is 11.4 Å². The molecule has 1 aromatic heterocycles. The van der Waals surface area contributed by atoms with Crippen molar-refractivity contribution in [1.29, 1.82) is 0 Å². The second-order valence-corrected chi connectivity index (χ2v) is 5.81. The Balaban J connectivity index is 1.52. The zero-order chi connectivity index (χ0) is 16.8. The van der Waals surface area contributed by atoms with E-state index >= 15 is 0 Å². The zero-order valence-corrected chi connectivity index (χ0v) is 14.1. The molecule has 1 heterocycles. The van der Waals surface area contributed by atoms with Gasteiger partial charge in [0.1, 0.15) is 18.0 Å². The van der Waals surface area contributed by atoms with Gasteiger partial charge in [-0.05, 0) is 30.7 Å². The quantitative estimate of drug-likeness (QED) is 0.676. The van der Waals surface area contributed by atoms with Crippen LogP contribution in [-0.4, -0.2) is 28.6 Å². The van der Waals surface area contributed by atoms with Gasteiger partial charge in [-0.1, -0.05) is 35.9 Å². The van der Waals surface area contributed by atoms with Gasteiger partial charge in [0.2, 0.25) is 0 Å². The van der Waals surface area contributed by atoms with Gasteiger partial charge in [-0.25, -0.2) is 0 Å². The average Bonchev–Trinajstić information content (AvgIpc) is 3.09. The average molecular weight is 323 g/mol. The SMILES string of the molecule is COc1ccc(C)cc1CC[NH2+]Cc1cnn(-c2ccccc2)n1. The number of hydrogen-bond donors (Lipinski definition) is 1. The number of aryl methyl sites for hydroxylation is 1. The summed E-state index contributed by atoms with van der Waals surface area (Å²) < 4.78 is 5.43. The van der Waals surface area contributed by atoms with Gasteiger partial charge in [0.15, 0.2) is 0 Å². The molecule has 3 rings (SSSR count). The first-order valence-corrected chi connectivity index (χ1v) is 8.18. The van der Waals surface area contributed by atoms with E-state index in [0.717, 1.165) is 36.6 Å². The van der Waals surface area contributed by atoms with Crippen LogP contribution in [0.5, 0.6) is 5.75 Å². The Morgan fingerprint density at radius 3 is 2.75 bits per heavy atom. The summed E-state index contributed by atoms with van der Waals surface area (Å²) in [6.07, 6.45) is 2.80. The van der Waals surface area contributed by atoms with Crippen LogP contribution in [0.3, 0.4) is 0 Å². The number of ether oxygens (including phenoxy) is 1. The molecule has 0 fully saturated rings. The third-order valence-corrected chi connectivity index (χ3v) is 3.93. The monoisotopic (exact) mass is 323 g/mol. The van der Waals surface area contributed by atoms with Crippen LogP contribution >= 0.6 is 0 Å². The molecule has 124 valence electrons. The maximum Gasteiger partial charge on any atom is 0.137 e. The Hall–Kier alpha value is -2.66. The van der Waals surface area contributed by atoms with Gasteiger partial charge in [0.25, 0.3) is 0 Å². The van der Waals surface area contributed by atoms with Crippen LogP contribution in [0.1, 0.15) is 16.8 Å². The summed E-state index contributed by atoms with van der Waals surface area (Å²) in [4.78, 5) is 1.67. The van der Waals surface area contributed by atoms with E-state index in [0.29, 0.717) is 0 Å².